The molecular weight excluding hydrogens is 202 g/mol. The van der Waals surface area contributed by atoms with Gasteiger partial charge < -0.3 is 15.9 Å². The van der Waals surface area contributed by atoms with Gasteiger partial charge in [0.1, 0.15) is 16.5 Å². The summed E-state index contributed by atoms with van der Waals surface area (Å²) in [5.74, 6) is -0.0936. The summed E-state index contributed by atoms with van der Waals surface area (Å²) in [7, 11) is 0. The topological polar surface area (TPSA) is 66.5 Å². The van der Waals surface area contributed by atoms with Crippen molar-refractivity contribution in [2.45, 2.75) is 19.8 Å². The van der Waals surface area contributed by atoms with E-state index in [2.05, 4.69) is 0 Å². The molecule has 1 rings (SSSR count). The first-order valence-electron chi connectivity index (χ1n) is 4.48. The molecule has 0 atom stereocenters. The molecule has 0 spiro atoms. The molecule has 1 aromatic rings. The highest BCUT2D eigenvalue weighted by atomic mass is 35.5. The van der Waals surface area contributed by atoms with Crippen LogP contribution in [0.2, 0.25) is 5.02 Å². The number of aryl methyl sites for hydroxylation is 2. The van der Waals surface area contributed by atoms with Gasteiger partial charge in [-0.15, -0.1) is 0 Å². The van der Waals surface area contributed by atoms with E-state index in [0.29, 0.717) is 18.5 Å². The molecule has 1 aromatic carbocycles. The van der Waals surface area contributed by atoms with Crippen LogP contribution in [0.15, 0.2) is 6.07 Å². The molecule has 0 bridgehead atoms. The van der Waals surface area contributed by atoms with E-state index in [0.717, 1.165) is 12.0 Å². The van der Waals surface area contributed by atoms with Gasteiger partial charge in [0.05, 0.1) is 0 Å². The molecule has 14 heavy (non-hydrogen) atoms. The Labute approximate surface area is 88.1 Å². The number of phenolic OH excluding ortho intramolecular Hbond substituents is 2. The van der Waals surface area contributed by atoms with E-state index in [1.807, 2.05) is 0 Å². The van der Waals surface area contributed by atoms with Crippen molar-refractivity contribution < 1.29 is 10.2 Å². The first-order valence-corrected chi connectivity index (χ1v) is 4.85. The van der Waals surface area contributed by atoms with Crippen molar-refractivity contribution >= 4 is 11.6 Å². The summed E-state index contributed by atoms with van der Waals surface area (Å²) in [5, 5.41) is 19.0. The standard InChI is InChI=1S/C10H14ClNO2/c1-6-5-7(3-2-4-12)10(14)8(11)9(6)13/h5,13-14H,2-4,12H2,1H3. The SMILES string of the molecule is Cc1cc(CCCN)c(O)c(Cl)c1O. The lowest BCUT2D eigenvalue weighted by Crippen LogP contribution is -2.00. The molecule has 0 saturated heterocycles. The lowest BCUT2D eigenvalue weighted by Gasteiger charge is -2.09. The highest BCUT2D eigenvalue weighted by Gasteiger charge is 2.12. The molecule has 0 aliphatic rings. The molecule has 4 heteroatoms. The van der Waals surface area contributed by atoms with E-state index in [-0.39, 0.29) is 16.5 Å². The monoisotopic (exact) mass is 215 g/mol. The van der Waals surface area contributed by atoms with Crippen LogP contribution in [0.4, 0.5) is 0 Å². The summed E-state index contributed by atoms with van der Waals surface area (Å²) in [6, 6.07) is 1.73. The van der Waals surface area contributed by atoms with Gasteiger partial charge in [-0.3, -0.25) is 0 Å². The van der Waals surface area contributed by atoms with Crippen molar-refractivity contribution in [3.8, 4) is 11.5 Å². The molecule has 0 fully saturated rings. The molecule has 0 heterocycles. The van der Waals surface area contributed by atoms with Crippen LogP contribution in [0.1, 0.15) is 17.5 Å². The van der Waals surface area contributed by atoms with E-state index in [1.54, 1.807) is 13.0 Å². The summed E-state index contributed by atoms with van der Waals surface area (Å²) in [5.41, 5.74) is 6.77. The van der Waals surface area contributed by atoms with Gasteiger partial charge in [0, 0.05) is 0 Å². The van der Waals surface area contributed by atoms with Crippen LogP contribution in [0.3, 0.4) is 0 Å². The smallest absolute Gasteiger partial charge is 0.141 e. The molecule has 0 aromatic heterocycles. The van der Waals surface area contributed by atoms with Crippen LogP contribution < -0.4 is 5.73 Å². The van der Waals surface area contributed by atoms with Gasteiger partial charge in [0.2, 0.25) is 0 Å². The zero-order valence-electron chi connectivity index (χ0n) is 8.05. The highest BCUT2D eigenvalue weighted by Crippen LogP contribution is 2.38. The average Bonchev–Trinajstić information content (AvgIpc) is 2.18. The van der Waals surface area contributed by atoms with E-state index in [1.165, 1.54) is 0 Å². The number of hydrogen-bond donors (Lipinski definition) is 3. The number of aromatic hydroxyl groups is 2. The van der Waals surface area contributed by atoms with Gasteiger partial charge in [-0.05, 0) is 43.5 Å². The van der Waals surface area contributed by atoms with Gasteiger partial charge in [-0.25, -0.2) is 0 Å². The van der Waals surface area contributed by atoms with Crippen LogP contribution >= 0.6 is 11.6 Å². The molecule has 3 nitrogen and oxygen atoms in total. The minimum atomic E-state index is -0.0549. The largest absolute Gasteiger partial charge is 0.506 e. The molecule has 0 aliphatic carbocycles. The van der Waals surface area contributed by atoms with Gasteiger partial charge >= 0.3 is 0 Å². The second kappa shape index (κ2) is 4.53. The summed E-state index contributed by atoms with van der Waals surface area (Å²) in [6.07, 6.45) is 1.46. The Morgan fingerprint density at radius 3 is 2.57 bits per heavy atom. The molecular formula is C10H14ClNO2. The number of hydrogen-bond acceptors (Lipinski definition) is 3. The normalized spacial score (nSPS) is 10.5. The number of phenols is 2. The Bertz CT molecular complexity index is 339. The molecule has 0 aliphatic heterocycles. The Kier molecular flexibility index (Phi) is 3.61. The van der Waals surface area contributed by atoms with Crippen LogP contribution in [0, 0.1) is 6.92 Å². The predicted molar refractivity (Wildman–Crippen MR) is 56.9 cm³/mol. The van der Waals surface area contributed by atoms with E-state index in [9.17, 15) is 10.2 Å². The summed E-state index contributed by atoms with van der Waals surface area (Å²) in [4.78, 5) is 0. The molecule has 4 N–H and O–H groups in total. The van der Waals surface area contributed by atoms with Crippen molar-refractivity contribution in [1.29, 1.82) is 0 Å². The summed E-state index contributed by atoms with van der Waals surface area (Å²) < 4.78 is 0. The summed E-state index contributed by atoms with van der Waals surface area (Å²) in [6.45, 7) is 2.31. The Morgan fingerprint density at radius 1 is 1.36 bits per heavy atom. The van der Waals surface area contributed by atoms with E-state index in [4.69, 9.17) is 17.3 Å². The van der Waals surface area contributed by atoms with Crippen molar-refractivity contribution in [2.24, 2.45) is 5.73 Å². The zero-order chi connectivity index (χ0) is 10.7. The fourth-order valence-corrected chi connectivity index (χ4v) is 1.58. The van der Waals surface area contributed by atoms with E-state index >= 15 is 0 Å². The van der Waals surface area contributed by atoms with Gasteiger partial charge in [-0.2, -0.15) is 0 Å². The summed E-state index contributed by atoms with van der Waals surface area (Å²) >= 11 is 5.74. The van der Waals surface area contributed by atoms with Gasteiger partial charge in [-0.1, -0.05) is 11.6 Å². The number of benzene rings is 1. The minimum absolute atomic E-state index is 0.0250. The predicted octanol–water partition coefficient (Wildman–Crippen LogP) is 1.95. The minimum Gasteiger partial charge on any atom is -0.506 e. The van der Waals surface area contributed by atoms with Crippen LogP contribution in [-0.4, -0.2) is 16.8 Å². The van der Waals surface area contributed by atoms with Gasteiger partial charge in [0.25, 0.3) is 0 Å². The van der Waals surface area contributed by atoms with Crippen LogP contribution in [-0.2, 0) is 6.42 Å². The first kappa shape index (κ1) is 11.1. The lowest BCUT2D eigenvalue weighted by atomic mass is 10.0. The fraction of sp³-hybridized carbons (Fsp3) is 0.400. The number of halogens is 1. The average molecular weight is 216 g/mol. The van der Waals surface area contributed by atoms with Crippen molar-refractivity contribution in [3.63, 3.8) is 0 Å². The molecule has 0 unspecified atom stereocenters. The Hall–Kier alpha value is -0.930. The third-order valence-corrected chi connectivity index (χ3v) is 2.49. The number of nitrogens with two attached hydrogens (primary N) is 1. The van der Waals surface area contributed by atoms with Crippen molar-refractivity contribution in [3.05, 3.63) is 22.2 Å². The first-order chi connectivity index (χ1) is 6.57. The lowest BCUT2D eigenvalue weighted by molar-refractivity contribution is 0.443. The maximum atomic E-state index is 9.60. The van der Waals surface area contributed by atoms with Gasteiger partial charge in [0.15, 0.2) is 0 Å². The van der Waals surface area contributed by atoms with E-state index < -0.39 is 0 Å². The quantitative estimate of drug-likeness (QED) is 0.722. The van der Waals surface area contributed by atoms with Crippen LogP contribution in [0.25, 0.3) is 0 Å². The Morgan fingerprint density at radius 2 is 2.00 bits per heavy atom. The third kappa shape index (κ3) is 2.11. The second-order valence-electron chi connectivity index (χ2n) is 3.26. The van der Waals surface area contributed by atoms with Crippen molar-refractivity contribution in [2.75, 3.05) is 6.54 Å². The molecule has 0 amide bonds. The maximum absolute atomic E-state index is 9.60. The fourth-order valence-electron chi connectivity index (χ4n) is 1.31. The molecule has 78 valence electrons. The molecule has 0 saturated carbocycles. The van der Waals surface area contributed by atoms with Crippen LogP contribution in [0.5, 0.6) is 11.5 Å². The molecule has 0 radical (unpaired) electrons. The number of rotatable bonds is 3. The second-order valence-corrected chi connectivity index (χ2v) is 3.63. The third-order valence-electron chi connectivity index (χ3n) is 2.13. The highest BCUT2D eigenvalue weighted by molar-refractivity contribution is 6.33. The zero-order valence-corrected chi connectivity index (χ0v) is 8.80. The maximum Gasteiger partial charge on any atom is 0.141 e. The Balaban J connectivity index is 3.06. The van der Waals surface area contributed by atoms with Crippen molar-refractivity contribution in [1.82, 2.24) is 0 Å².